The Morgan fingerprint density at radius 3 is 2.71 bits per heavy atom. The smallest absolute Gasteiger partial charge is 0.256 e. The van der Waals surface area contributed by atoms with Crippen LogP contribution in [0.2, 0.25) is 0 Å². The maximum absolute atomic E-state index is 12.7. The van der Waals surface area contributed by atoms with Crippen molar-refractivity contribution in [2.45, 2.75) is 31.9 Å². The summed E-state index contributed by atoms with van der Waals surface area (Å²) in [5.74, 6) is 1.32. The van der Waals surface area contributed by atoms with Crippen LogP contribution in [0.25, 0.3) is 10.9 Å². The monoisotopic (exact) mass is 383 g/mol. The Morgan fingerprint density at radius 1 is 1.18 bits per heavy atom. The summed E-state index contributed by atoms with van der Waals surface area (Å²) in [6, 6.07) is 9.42. The topological polar surface area (TPSA) is 67.0 Å². The van der Waals surface area contributed by atoms with Crippen LogP contribution in [0, 0.1) is 11.3 Å². The second kappa shape index (κ2) is 7.80. The minimum atomic E-state index is -2.40. The molecule has 0 spiro atoms. The van der Waals surface area contributed by atoms with Gasteiger partial charge in [-0.3, -0.25) is 0 Å². The van der Waals surface area contributed by atoms with Crippen LogP contribution in [0.4, 0.5) is 14.6 Å². The van der Waals surface area contributed by atoms with E-state index < -0.39 is 6.43 Å². The lowest BCUT2D eigenvalue weighted by molar-refractivity contribution is 0.128. The fourth-order valence-corrected chi connectivity index (χ4v) is 3.61. The summed E-state index contributed by atoms with van der Waals surface area (Å²) in [4.78, 5) is 10.4. The van der Waals surface area contributed by atoms with Crippen LogP contribution >= 0.6 is 0 Å². The molecule has 0 unspecified atom stereocenters. The fourth-order valence-electron chi connectivity index (χ4n) is 3.61. The van der Waals surface area contributed by atoms with Crippen LogP contribution in [0.15, 0.2) is 42.9 Å². The third-order valence-corrected chi connectivity index (χ3v) is 4.93. The SMILES string of the molecule is N#Cc1nccnc1N1CCC(Oc2cccc3c2ccn3CC(F)F)CC1. The number of hydrogen-bond donors (Lipinski definition) is 0. The van der Waals surface area contributed by atoms with Crippen LogP contribution in [0.1, 0.15) is 18.5 Å². The summed E-state index contributed by atoms with van der Waals surface area (Å²) >= 11 is 0. The number of anilines is 1. The van der Waals surface area contributed by atoms with Gasteiger partial charge in [-0.05, 0) is 18.2 Å². The summed E-state index contributed by atoms with van der Waals surface area (Å²) in [5.41, 5.74) is 1.07. The summed E-state index contributed by atoms with van der Waals surface area (Å²) in [7, 11) is 0. The number of fused-ring (bicyclic) bond motifs is 1. The van der Waals surface area contributed by atoms with Gasteiger partial charge in [-0.1, -0.05) is 6.07 Å². The highest BCUT2D eigenvalue weighted by Crippen LogP contribution is 2.30. The van der Waals surface area contributed by atoms with E-state index in [1.807, 2.05) is 29.2 Å². The first-order valence-corrected chi connectivity index (χ1v) is 9.14. The third-order valence-electron chi connectivity index (χ3n) is 4.93. The summed E-state index contributed by atoms with van der Waals surface area (Å²) in [6.07, 6.45) is 3.93. The van der Waals surface area contributed by atoms with Gasteiger partial charge in [0.25, 0.3) is 6.43 Å². The molecule has 0 atom stereocenters. The number of ether oxygens (including phenoxy) is 1. The molecule has 1 aliphatic rings. The predicted molar refractivity (Wildman–Crippen MR) is 101 cm³/mol. The van der Waals surface area contributed by atoms with Crippen molar-refractivity contribution in [3.05, 3.63) is 48.5 Å². The summed E-state index contributed by atoms with van der Waals surface area (Å²) in [5, 5.41) is 10.0. The van der Waals surface area contributed by atoms with E-state index in [9.17, 15) is 14.0 Å². The van der Waals surface area contributed by atoms with Crippen LogP contribution in [-0.4, -0.2) is 40.2 Å². The molecule has 144 valence electrons. The molecule has 0 amide bonds. The Hall–Kier alpha value is -3.21. The molecular weight excluding hydrogens is 364 g/mol. The zero-order valence-corrected chi connectivity index (χ0v) is 15.1. The molecule has 1 aliphatic heterocycles. The van der Waals surface area contributed by atoms with Crippen molar-refractivity contribution in [1.82, 2.24) is 14.5 Å². The molecule has 0 bridgehead atoms. The number of hydrogen-bond acceptors (Lipinski definition) is 5. The van der Waals surface area contributed by atoms with E-state index >= 15 is 0 Å². The molecule has 0 radical (unpaired) electrons. The van der Waals surface area contributed by atoms with E-state index in [0.29, 0.717) is 30.4 Å². The van der Waals surface area contributed by atoms with Crippen LogP contribution in [0.5, 0.6) is 5.75 Å². The standard InChI is InChI=1S/C20H19F2N5O/c21-19(22)13-27-11-6-15-17(27)2-1-3-18(15)28-14-4-9-26(10-5-14)20-16(12-23)24-7-8-25-20/h1-3,6-8,11,14,19H,4-5,9-10,13H2. The van der Waals surface area contributed by atoms with Gasteiger partial charge in [0.2, 0.25) is 0 Å². The number of nitrogens with zero attached hydrogens (tertiary/aromatic N) is 5. The number of alkyl halides is 2. The lowest BCUT2D eigenvalue weighted by Gasteiger charge is -2.33. The average Bonchev–Trinajstić information content (AvgIpc) is 3.12. The third kappa shape index (κ3) is 3.60. The van der Waals surface area contributed by atoms with E-state index in [0.717, 1.165) is 23.7 Å². The highest BCUT2D eigenvalue weighted by atomic mass is 19.3. The highest BCUT2D eigenvalue weighted by molar-refractivity contribution is 5.86. The van der Waals surface area contributed by atoms with Gasteiger partial charge in [0, 0.05) is 49.9 Å². The molecule has 1 saturated heterocycles. The van der Waals surface area contributed by atoms with Crippen molar-refractivity contribution in [2.24, 2.45) is 0 Å². The number of piperidine rings is 1. The van der Waals surface area contributed by atoms with Crippen molar-refractivity contribution in [2.75, 3.05) is 18.0 Å². The molecule has 1 fully saturated rings. The van der Waals surface area contributed by atoms with Crippen LogP contribution in [0.3, 0.4) is 0 Å². The van der Waals surface area contributed by atoms with Gasteiger partial charge >= 0.3 is 0 Å². The Labute approximate surface area is 161 Å². The molecular formula is C20H19F2N5O. The Bertz CT molecular complexity index is 1010. The minimum Gasteiger partial charge on any atom is -0.490 e. The second-order valence-electron chi connectivity index (χ2n) is 6.69. The van der Waals surface area contributed by atoms with E-state index in [-0.39, 0.29) is 12.6 Å². The lowest BCUT2D eigenvalue weighted by atomic mass is 10.1. The normalized spacial score (nSPS) is 15.1. The highest BCUT2D eigenvalue weighted by Gasteiger charge is 2.24. The van der Waals surface area contributed by atoms with E-state index in [1.54, 1.807) is 17.0 Å². The molecule has 3 aromatic rings. The van der Waals surface area contributed by atoms with Crippen molar-refractivity contribution in [3.8, 4) is 11.8 Å². The van der Waals surface area contributed by atoms with Crippen molar-refractivity contribution >= 4 is 16.7 Å². The molecule has 4 rings (SSSR count). The van der Waals surface area contributed by atoms with E-state index in [1.165, 1.54) is 6.20 Å². The Balaban J connectivity index is 1.45. The molecule has 0 saturated carbocycles. The van der Waals surface area contributed by atoms with E-state index in [2.05, 4.69) is 16.0 Å². The van der Waals surface area contributed by atoms with E-state index in [4.69, 9.17) is 4.74 Å². The summed E-state index contributed by atoms with van der Waals surface area (Å²) < 4.78 is 33.2. The van der Waals surface area contributed by atoms with Gasteiger partial charge in [-0.15, -0.1) is 0 Å². The van der Waals surface area contributed by atoms with Crippen molar-refractivity contribution in [3.63, 3.8) is 0 Å². The molecule has 6 nitrogen and oxygen atoms in total. The van der Waals surface area contributed by atoms with Gasteiger partial charge in [-0.2, -0.15) is 5.26 Å². The molecule has 1 aromatic carbocycles. The molecule has 2 aromatic heterocycles. The largest absolute Gasteiger partial charge is 0.490 e. The first kappa shape index (κ1) is 18.2. The maximum atomic E-state index is 12.7. The lowest BCUT2D eigenvalue weighted by Crippen LogP contribution is -2.39. The maximum Gasteiger partial charge on any atom is 0.256 e. The second-order valence-corrected chi connectivity index (χ2v) is 6.69. The number of aromatic nitrogens is 3. The van der Waals surface area contributed by atoms with Gasteiger partial charge < -0.3 is 14.2 Å². The molecule has 0 N–H and O–H groups in total. The van der Waals surface area contributed by atoms with Gasteiger partial charge in [0.15, 0.2) is 11.5 Å². The zero-order valence-electron chi connectivity index (χ0n) is 15.1. The van der Waals surface area contributed by atoms with Gasteiger partial charge in [0.05, 0.1) is 12.1 Å². The number of nitriles is 1. The molecule has 3 heterocycles. The van der Waals surface area contributed by atoms with Crippen LogP contribution in [-0.2, 0) is 6.54 Å². The van der Waals surface area contributed by atoms with Crippen molar-refractivity contribution in [1.29, 1.82) is 5.26 Å². The Morgan fingerprint density at radius 2 is 1.96 bits per heavy atom. The van der Waals surface area contributed by atoms with Gasteiger partial charge in [0.1, 0.15) is 17.9 Å². The van der Waals surface area contributed by atoms with Gasteiger partial charge in [-0.25, -0.2) is 18.7 Å². The quantitative estimate of drug-likeness (QED) is 0.673. The minimum absolute atomic E-state index is 0.0162. The van der Waals surface area contributed by atoms with Crippen LogP contribution < -0.4 is 9.64 Å². The molecule has 28 heavy (non-hydrogen) atoms. The average molecular weight is 383 g/mol. The first-order valence-electron chi connectivity index (χ1n) is 9.14. The molecule has 8 heteroatoms. The number of benzene rings is 1. The Kier molecular flexibility index (Phi) is 5.06. The summed E-state index contributed by atoms with van der Waals surface area (Å²) in [6.45, 7) is 1.09. The van der Waals surface area contributed by atoms with Crippen molar-refractivity contribution < 1.29 is 13.5 Å². The fraction of sp³-hybridized carbons (Fsp3) is 0.350. The predicted octanol–water partition coefficient (Wildman–Crippen LogP) is 3.62. The first-order chi connectivity index (χ1) is 13.7. The zero-order chi connectivity index (χ0) is 19.5. The number of rotatable bonds is 5. The molecule has 0 aliphatic carbocycles. The number of halogens is 2.